The van der Waals surface area contributed by atoms with Crippen molar-refractivity contribution in [1.82, 2.24) is 10.3 Å². The lowest BCUT2D eigenvalue weighted by molar-refractivity contribution is -0.148. The molecule has 1 N–H and O–H groups in total. The Morgan fingerprint density at radius 2 is 2.44 bits per heavy atom. The van der Waals surface area contributed by atoms with Crippen molar-refractivity contribution < 1.29 is 13.9 Å². The second kappa shape index (κ2) is 5.32. The Bertz CT molecular complexity index is 431. The number of likely N-dealkylation sites (N-methyl/N-ethyl adjacent to an activating group) is 1. The summed E-state index contributed by atoms with van der Waals surface area (Å²) in [6, 6.07) is 0. The van der Waals surface area contributed by atoms with Crippen LogP contribution >= 0.6 is 11.8 Å². The van der Waals surface area contributed by atoms with Crippen LogP contribution in [0.15, 0.2) is 15.9 Å². The predicted molar refractivity (Wildman–Crippen MR) is 68.5 cm³/mol. The first-order valence-electron chi connectivity index (χ1n) is 5.94. The SMILES string of the molecule is CNC(CSc1nc(C)co1)(C(=O)OC)C1CC1. The third-order valence-electron chi connectivity index (χ3n) is 3.29. The molecular formula is C12H18N2O3S. The van der Waals surface area contributed by atoms with E-state index in [1.165, 1.54) is 18.9 Å². The number of oxazole rings is 1. The van der Waals surface area contributed by atoms with E-state index in [1.54, 1.807) is 13.3 Å². The van der Waals surface area contributed by atoms with Crippen molar-refractivity contribution in [1.29, 1.82) is 0 Å². The molecule has 0 aliphatic heterocycles. The third kappa shape index (κ3) is 2.54. The molecule has 1 aromatic heterocycles. The zero-order valence-electron chi connectivity index (χ0n) is 10.9. The van der Waals surface area contributed by atoms with E-state index < -0.39 is 5.54 Å². The number of esters is 1. The quantitative estimate of drug-likeness (QED) is 0.626. The number of carbonyl (C=O) groups is 1. The number of rotatable bonds is 6. The Balaban J connectivity index is 2.07. The Morgan fingerprint density at radius 3 is 2.89 bits per heavy atom. The number of methoxy groups -OCH3 is 1. The molecule has 1 heterocycles. The van der Waals surface area contributed by atoms with E-state index in [2.05, 4.69) is 10.3 Å². The molecule has 100 valence electrons. The normalized spacial score (nSPS) is 18.4. The first-order chi connectivity index (χ1) is 8.62. The second-order valence-electron chi connectivity index (χ2n) is 4.53. The maximum absolute atomic E-state index is 12.0. The number of nitrogens with zero attached hydrogens (tertiary/aromatic N) is 1. The van der Waals surface area contributed by atoms with Crippen LogP contribution in [0.2, 0.25) is 0 Å². The van der Waals surface area contributed by atoms with Crippen LogP contribution in [0.5, 0.6) is 0 Å². The van der Waals surface area contributed by atoms with Crippen molar-refractivity contribution in [2.75, 3.05) is 19.9 Å². The van der Waals surface area contributed by atoms with Crippen LogP contribution in [0.1, 0.15) is 18.5 Å². The Kier molecular flexibility index (Phi) is 3.97. The summed E-state index contributed by atoms with van der Waals surface area (Å²) in [5.74, 6) is 0.711. The fourth-order valence-corrected chi connectivity index (χ4v) is 3.23. The number of carbonyl (C=O) groups excluding carboxylic acids is 1. The Morgan fingerprint density at radius 1 is 1.72 bits per heavy atom. The molecule has 0 amide bonds. The molecule has 18 heavy (non-hydrogen) atoms. The van der Waals surface area contributed by atoms with Crippen LogP contribution in [-0.4, -0.2) is 36.4 Å². The minimum atomic E-state index is -0.623. The first-order valence-corrected chi connectivity index (χ1v) is 6.93. The third-order valence-corrected chi connectivity index (χ3v) is 4.33. The number of aryl methyl sites for hydroxylation is 1. The van der Waals surface area contributed by atoms with Gasteiger partial charge in [-0.1, -0.05) is 11.8 Å². The molecule has 1 aliphatic carbocycles. The van der Waals surface area contributed by atoms with Crippen LogP contribution in [0.4, 0.5) is 0 Å². The van der Waals surface area contributed by atoms with Crippen LogP contribution < -0.4 is 5.32 Å². The number of thioether (sulfide) groups is 1. The van der Waals surface area contributed by atoms with Crippen molar-refractivity contribution in [3.05, 3.63) is 12.0 Å². The molecule has 1 aliphatic rings. The Hall–Kier alpha value is -1.01. The molecule has 0 spiro atoms. The number of hydrogen-bond donors (Lipinski definition) is 1. The lowest BCUT2D eigenvalue weighted by atomic mass is 9.96. The summed E-state index contributed by atoms with van der Waals surface area (Å²) >= 11 is 1.44. The first kappa shape index (κ1) is 13.4. The van der Waals surface area contributed by atoms with Gasteiger partial charge in [-0.3, -0.25) is 4.79 Å². The number of aromatic nitrogens is 1. The minimum Gasteiger partial charge on any atom is -0.468 e. The molecule has 1 unspecified atom stereocenters. The summed E-state index contributed by atoms with van der Waals surface area (Å²) in [4.78, 5) is 16.3. The van der Waals surface area contributed by atoms with E-state index in [1.807, 2.05) is 6.92 Å². The predicted octanol–water partition coefficient (Wildman–Crippen LogP) is 1.62. The molecule has 0 saturated heterocycles. The van der Waals surface area contributed by atoms with Crippen molar-refractivity contribution in [3.8, 4) is 0 Å². The van der Waals surface area contributed by atoms with E-state index in [0.717, 1.165) is 18.5 Å². The maximum Gasteiger partial charge on any atom is 0.327 e. The highest BCUT2D eigenvalue weighted by Crippen LogP contribution is 2.42. The average molecular weight is 270 g/mol. The molecule has 6 heteroatoms. The van der Waals surface area contributed by atoms with E-state index in [-0.39, 0.29) is 5.97 Å². The lowest BCUT2D eigenvalue weighted by Gasteiger charge is -2.29. The van der Waals surface area contributed by atoms with E-state index in [4.69, 9.17) is 9.15 Å². The lowest BCUT2D eigenvalue weighted by Crippen LogP contribution is -2.55. The van der Waals surface area contributed by atoms with Crippen molar-refractivity contribution in [2.24, 2.45) is 5.92 Å². The van der Waals surface area contributed by atoms with E-state index >= 15 is 0 Å². The smallest absolute Gasteiger partial charge is 0.327 e. The topological polar surface area (TPSA) is 64.4 Å². The molecule has 1 saturated carbocycles. The van der Waals surface area contributed by atoms with Gasteiger partial charge in [-0.05, 0) is 32.7 Å². The van der Waals surface area contributed by atoms with Crippen LogP contribution in [0.3, 0.4) is 0 Å². The summed E-state index contributed by atoms with van der Waals surface area (Å²) in [5.41, 5.74) is 0.221. The zero-order chi connectivity index (χ0) is 13.2. The minimum absolute atomic E-state index is 0.205. The fourth-order valence-electron chi connectivity index (χ4n) is 2.05. The number of ether oxygens (including phenoxy) is 1. The monoisotopic (exact) mass is 270 g/mol. The summed E-state index contributed by atoms with van der Waals surface area (Å²) in [7, 11) is 3.23. The van der Waals surface area contributed by atoms with Gasteiger partial charge in [0.2, 0.25) is 0 Å². The van der Waals surface area contributed by atoms with Gasteiger partial charge >= 0.3 is 5.97 Å². The highest BCUT2D eigenvalue weighted by Gasteiger charge is 2.51. The van der Waals surface area contributed by atoms with Gasteiger partial charge in [0.15, 0.2) is 0 Å². The van der Waals surface area contributed by atoms with Crippen LogP contribution in [0.25, 0.3) is 0 Å². The molecule has 2 rings (SSSR count). The van der Waals surface area contributed by atoms with Gasteiger partial charge in [-0.25, -0.2) is 4.98 Å². The van der Waals surface area contributed by atoms with Gasteiger partial charge in [-0.2, -0.15) is 0 Å². The summed E-state index contributed by atoms with van der Waals surface area (Å²) in [6.45, 7) is 1.88. The molecule has 1 atom stereocenters. The van der Waals surface area contributed by atoms with Gasteiger partial charge in [0.05, 0.1) is 12.8 Å². The van der Waals surface area contributed by atoms with Gasteiger partial charge in [0.25, 0.3) is 5.22 Å². The van der Waals surface area contributed by atoms with Gasteiger partial charge in [0, 0.05) is 5.75 Å². The van der Waals surface area contributed by atoms with E-state index in [9.17, 15) is 4.79 Å². The molecule has 1 fully saturated rings. The summed E-state index contributed by atoms with van der Waals surface area (Å²) < 4.78 is 10.2. The second-order valence-corrected chi connectivity index (χ2v) is 5.46. The molecule has 0 radical (unpaired) electrons. The molecule has 0 bridgehead atoms. The molecule has 1 aromatic rings. The van der Waals surface area contributed by atoms with Crippen LogP contribution in [0, 0.1) is 12.8 Å². The molecule has 0 aromatic carbocycles. The zero-order valence-corrected chi connectivity index (χ0v) is 11.7. The van der Waals surface area contributed by atoms with Crippen molar-refractivity contribution in [2.45, 2.75) is 30.5 Å². The van der Waals surface area contributed by atoms with E-state index in [0.29, 0.717) is 16.9 Å². The fraction of sp³-hybridized carbons (Fsp3) is 0.667. The average Bonchev–Trinajstić information content (AvgIpc) is 3.14. The number of nitrogens with one attached hydrogen (secondary N) is 1. The van der Waals surface area contributed by atoms with Gasteiger partial charge in [0.1, 0.15) is 11.8 Å². The Labute approximate surface area is 111 Å². The highest BCUT2D eigenvalue weighted by molar-refractivity contribution is 7.99. The van der Waals surface area contributed by atoms with Crippen molar-refractivity contribution >= 4 is 17.7 Å². The largest absolute Gasteiger partial charge is 0.468 e. The van der Waals surface area contributed by atoms with Gasteiger partial charge < -0.3 is 14.5 Å². The number of hydrogen-bond acceptors (Lipinski definition) is 6. The summed E-state index contributed by atoms with van der Waals surface area (Å²) in [6.07, 6.45) is 3.72. The van der Waals surface area contributed by atoms with Crippen molar-refractivity contribution in [3.63, 3.8) is 0 Å². The molecular weight excluding hydrogens is 252 g/mol. The summed E-state index contributed by atoms with van der Waals surface area (Å²) in [5, 5.41) is 3.73. The standard InChI is InChI=1S/C12H18N2O3S/c1-8-6-17-11(14-8)18-7-12(13-2,9-4-5-9)10(15)16-3/h6,9,13H,4-5,7H2,1-3H3. The highest BCUT2D eigenvalue weighted by atomic mass is 32.2. The maximum atomic E-state index is 12.0. The molecule has 5 nitrogen and oxygen atoms in total. The van der Waals surface area contributed by atoms with Crippen LogP contribution in [-0.2, 0) is 9.53 Å². The van der Waals surface area contributed by atoms with Gasteiger partial charge in [-0.15, -0.1) is 0 Å².